The lowest BCUT2D eigenvalue weighted by Crippen LogP contribution is -2.71. The van der Waals surface area contributed by atoms with Crippen LogP contribution in [0.3, 0.4) is 0 Å². The SMILES string of the molecule is CC1(NC(=O)OCc2ccccc2)OC2(O)C3CCCN3C(=O)C(Cc3ccccc3)N2C1=O. The van der Waals surface area contributed by atoms with E-state index in [4.69, 9.17) is 9.47 Å². The van der Waals surface area contributed by atoms with E-state index in [0.29, 0.717) is 19.4 Å². The number of aliphatic hydroxyl groups is 1. The minimum absolute atomic E-state index is 0.0104. The van der Waals surface area contributed by atoms with Gasteiger partial charge in [0.1, 0.15) is 18.7 Å². The summed E-state index contributed by atoms with van der Waals surface area (Å²) >= 11 is 0. The van der Waals surface area contributed by atoms with Crippen LogP contribution in [0.2, 0.25) is 0 Å². The van der Waals surface area contributed by atoms with E-state index in [0.717, 1.165) is 16.0 Å². The van der Waals surface area contributed by atoms with Crippen molar-refractivity contribution in [2.45, 2.75) is 56.5 Å². The molecule has 2 aromatic carbocycles. The van der Waals surface area contributed by atoms with Gasteiger partial charge >= 0.3 is 6.09 Å². The molecule has 2 aromatic rings. The van der Waals surface area contributed by atoms with E-state index in [9.17, 15) is 19.5 Å². The standard InChI is InChI=1S/C25H27N3O6/c1-24(26-23(31)33-16-18-11-6-3-7-12-18)22(30)28-19(15-17-9-4-2-5-10-17)21(29)27-14-8-13-20(27)25(28,32)34-24/h2-7,9-12,19-20,32H,8,13-16H2,1H3,(H,26,31). The molecular formula is C25H27N3O6. The van der Waals surface area contributed by atoms with Gasteiger partial charge in [0.2, 0.25) is 11.6 Å². The molecule has 0 spiro atoms. The molecule has 34 heavy (non-hydrogen) atoms. The van der Waals surface area contributed by atoms with E-state index in [-0.39, 0.29) is 18.9 Å². The van der Waals surface area contributed by atoms with Gasteiger partial charge in [-0.3, -0.25) is 24.5 Å². The lowest BCUT2D eigenvalue weighted by molar-refractivity contribution is -0.314. The molecule has 5 rings (SSSR count). The molecule has 0 aromatic heterocycles. The quantitative estimate of drug-likeness (QED) is 0.697. The number of nitrogens with one attached hydrogen (secondary N) is 1. The van der Waals surface area contributed by atoms with Crippen LogP contribution >= 0.6 is 0 Å². The van der Waals surface area contributed by atoms with Crippen molar-refractivity contribution < 1.29 is 29.0 Å². The second-order valence-corrected chi connectivity index (χ2v) is 9.05. The number of carbonyl (C=O) groups excluding carboxylic acids is 3. The number of benzene rings is 2. The summed E-state index contributed by atoms with van der Waals surface area (Å²) in [4.78, 5) is 42.3. The van der Waals surface area contributed by atoms with Crippen LogP contribution in [0.4, 0.5) is 4.79 Å². The van der Waals surface area contributed by atoms with E-state index in [2.05, 4.69) is 5.32 Å². The van der Waals surface area contributed by atoms with Crippen molar-refractivity contribution in [1.29, 1.82) is 0 Å². The smallest absolute Gasteiger partial charge is 0.410 e. The molecule has 9 heteroatoms. The second kappa shape index (κ2) is 8.41. The largest absolute Gasteiger partial charge is 0.445 e. The molecule has 0 aliphatic carbocycles. The van der Waals surface area contributed by atoms with Crippen molar-refractivity contribution in [3.63, 3.8) is 0 Å². The summed E-state index contributed by atoms with van der Waals surface area (Å²) in [6.07, 6.45) is 0.524. The zero-order valence-corrected chi connectivity index (χ0v) is 18.8. The summed E-state index contributed by atoms with van der Waals surface area (Å²) in [6.45, 7) is 1.86. The van der Waals surface area contributed by atoms with E-state index >= 15 is 0 Å². The average Bonchev–Trinajstić information content (AvgIpc) is 3.40. The summed E-state index contributed by atoms with van der Waals surface area (Å²) < 4.78 is 11.2. The van der Waals surface area contributed by atoms with Crippen molar-refractivity contribution in [2.75, 3.05) is 6.54 Å². The molecule has 2 N–H and O–H groups in total. The minimum Gasteiger partial charge on any atom is -0.445 e. The van der Waals surface area contributed by atoms with Crippen LogP contribution in [0.1, 0.15) is 30.9 Å². The average molecular weight is 466 g/mol. The first-order chi connectivity index (χ1) is 16.3. The highest BCUT2D eigenvalue weighted by molar-refractivity contribution is 5.96. The maximum absolute atomic E-state index is 13.6. The molecule has 0 radical (unpaired) electrons. The van der Waals surface area contributed by atoms with Gasteiger partial charge in [-0.2, -0.15) is 0 Å². The lowest BCUT2D eigenvalue weighted by Gasteiger charge is -2.48. The Labute approximate surface area is 197 Å². The van der Waals surface area contributed by atoms with Crippen LogP contribution < -0.4 is 5.32 Å². The van der Waals surface area contributed by atoms with Gasteiger partial charge in [-0.05, 0) is 30.9 Å². The molecule has 3 saturated heterocycles. The van der Waals surface area contributed by atoms with Crippen molar-refractivity contribution in [3.05, 3.63) is 71.8 Å². The molecule has 0 saturated carbocycles. The van der Waals surface area contributed by atoms with Gasteiger partial charge in [-0.25, -0.2) is 4.79 Å². The van der Waals surface area contributed by atoms with Gasteiger partial charge < -0.3 is 14.7 Å². The Balaban J connectivity index is 1.40. The summed E-state index contributed by atoms with van der Waals surface area (Å²) in [5, 5.41) is 14.1. The number of fused-ring (bicyclic) bond motifs is 3. The van der Waals surface area contributed by atoms with Gasteiger partial charge in [0.15, 0.2) is 0 Å². The first kappa shape index (κ1) is 22.4. The van der Waals surface area contributed by atoms with E-state index in [1.807, 2.05) is 60.7 Å². The maximum atomic E-state index is 13.6. The van der Waals surface area contributed by atoms with Crippen LogP contribution in [0.5, 0.6) is 0 Å². The van der Waals surface area contributed by atoms with Crippen LogP contribution in [0.15, 0.2) is 60.7 Å². The molecule has 4 atom stereocenters. The number of rotatable bonds is 5. The predicted molar refractivity (Wildman–Crippen MR) is 120 cm³/mol. The van der Waals surface area contributed by atoms with Crippen molar-refractivity contribution >= 4 is 17.9 Å². The Morgan fingerprint density at radius 1 is 1.12 bits per heavy atom. The number of carbonyl (C=O) groups is 3. The molecule has 3 heterocycles. The normalized spacial score (nSPS) is 30.2. The van der Waals surface area contributed by atoms with Gasteiger partial charge in [0, 0.05) is 13.0 Å². The molecule has 9 nitrogen and oxygen atoms in total. The highest BCUT2D eigenvalue weighted by atomic mass is 16.7. The Bertz CT molecular complexity index is 1100. The predicted octanol–water partition coefficient (Wildman–Crippen LogP) is 1.75. The number of nitrogens with zero attached hydrogens (tertiary/aromatic N) is 2. The number of piperazine rings is 1. The summed E-state index contributed by atoms with van der Waals surface area (Å²) in [5.41, 5.74) is -0.263. The Kier molecular flexibility index (Phi) is 5.53. The first-order valence-corrected chi connectivity index (χ1v) is 11.4. The molecule has 3 aliphatic rings. The van der Waals surface area contributed by atoms with Gasteiger partial charge in [0.05, 0.1) is 0 Å². The first-order valence-electron chi connectivity index (χ1n) is 11.4. The highest BCUT2D eigenvalue weighted by Gasteiger charge is 2.69. The second-order valence-electron chi connectivity index (χ2n) is 9.05. The summed E-state index contributed by atoms with van der Waals surface area (Å²) in [5.74, 6) is -2.97. The molecule has 4 unspecified atom stereocenters. The molecule has 3 fully saturated rings. The summed E-state index contributed by atoms with van der Waals surface area (Å²) in [7, 11) is 0. The molecule has 3 aliphatic heterocycles. The number of hydrogen-bond acceptors (Lipinski definition) is 6. The van der Waals surface area contributed by atoms with Crippen LogP contribution in [-0.2, 0) is 32.1 Å². The van der Waals surface area contributed by atoms with E-state index < -0.39 is 35.7 Å². The fourth-order valence-electron chi connectivity index (χ4n) is 5.13. The fourth-order valence-corrected chi connectivity index (χ4v) is 5.13. The number of amides is 3. The monoisotopic (exact) mass is 465 g/mol. The summed E-state index contributed by atoms with van der Waals surface area (Å²) in [6, 6.07) is 16.8. The van der Waals surface area contributed by atoms with Gasteiger partial charge in [-0.1, -0.05) is 60.7 Å². The van der Waals surface area contributed by atoms with Crippen molar-refractivity contribution in [3.8, 4) is 0 Å². The Morgan fingerprint density at radius 3 is 2.44 bits per heavy atom. The Morgan fingerprint density at radius 2 is 1.76 bits per heavy atom. The van der Waals surface area contributed by atoms with Gasteiger partial charge in [-0.15, -0.1) is 0 Å². The van der Waals surface area contributed by atoms with E-state index in [1.54, 1.807) is 4.90 Å². The lowest BCUT2D eigenvalue weighted by atomic mass is 9.96. The minimum atomic E-state index is -2.05. The topological polar surface area (TPSA) is 108 Å². The third kappa shape index (κ3) is 3.70. The molecule has 3 amide bonds. The zero-order chi connectivity index (χ0) is 23.9. The highest BCUT2D eigenvalue weighted by Crippen LogP contribution is 2.45. The fraction of sp³-hybridized carbons (Fsp3) is 0.400. The van der Waals surface area contributed by atoms with Crippen LogP contribution in [0, 0.1) is 0 Å². The molecule has 0 bridgehead atoms. The number of alkyl carbamates (subject to hydrolysis) is 1. The Hall–Kier alpha value is -3.43. The third-order valence-corrected chi connectivity index (χ3v) is 6.72. The van der Waals surface area contributed by atoms with Crippen LogP contribution in [0.25, 0.3) is 0 Å². The molecular weight excluding hydrogens is 438 g/mol. The van der Waals surface area contributed by atoms with Crippen molar-refractivity contribution in [1.82, 2.24) is 15.1 Å². The third-order valence-electron chi connectivity index (χ3n) is 6.72. The number of ether oxygens (including phenoxy) is 2. The van der Waals surface area contributed by atoms with Gasteiger partial charge in [0.25, 0.3) is 11.8 Å². The number of hydrogen-bond donors (Lipinski definition) is 2. The van der Waals surface area contributed by atoms with Crippen LogP contribution in [-0.4, -0.2) is 63.1 Å². The van der Waals surface area contributed by atoms with Crippen molar-refractivity contribution in [2.24, 2.45) is 0 Å². The van der Waals surface area contributed by atoms with E-state index in [1.165, 1.54) is 6.92 Å². The maximum Gasteiger partial charge on any atom is 0.410 e. The molecule has 178 valence electrons. The zero-order valence-electron chi connectivity index (χ0n) is 18.8.